The van der Waals surface area contributed by atoms with E-state index in [-0.39, 0.29) is 34.5 Å². The van der Waals surface area contributed by atoms with Crippen LogP contribution in [0.2, 0.25) is 5.02 Å². The number of carbonyl (C=O) groups excluding carboxylic acids is 2. The molecule has 0 spiro atoms. The molecule has 4 rings (SSSR count). The summed E-state index contributed by atoms with van der Waals surface area (Å²) < 4.78 is 33.5. The normalized spacial score (nSPS) is 15.0. The highest BCUT2D eigenvalue weighted by Gasteiger charge is 2.35. The fraction of sp³-hybridized carbons (Fsp3) is 0.0833. The van der Waals surface area contributed by atoms with Gasteiger partial charge in [-0.25, -0.2) is 8.78 Å². The van der Waals surface area contributed by atoms with E-state index in [0.717, 1.165) is 16.7 Å². The van der Waals surface area contributed by atoms with Crippen LogP contribution >= 0.6 is 23.4 Å². The van der Waals surface area contributed by atoms with E-state index < -0.39 is 17.0 Å². The molecule has 32 heavy (non-hydrogen) atoms. The molecule has 0 saturated carbocycles. The lowest BCUT2D eigenvalue weighted by atomic mass is 10.1. The molecule has 1 heterocycles. The molecular formula is C24H16ClF2NO3S. The van der Waals surface area contributed by atoms with Crippen LogP contribution in [-0.2, 0) is 17.9 Å². The van der Waals surface area contributed by atoms with Gasteiger partial charge < -0.3 is 4.74 Å². The van der Waals surface area contributed by atoms with Gasteiger partial charge in [0.15, 0.2) is 0 Å². The van der Waals surface area contributed by atoms with Gasteiger partial charge in [0.25, 0.3) is 11.1 Å². The third-order valence-corrected chi connectivity index (χ3v) is 6.02. The Morgan fingerprint density at radius 1 is 0.969 bits per heavy atom. The van der Waals surface area contributed by atoms with E-state index in [2.05, 4.69) is 0 Å². The van der Waals surface area contributed by atoms with Crippen LogP contribution in [0.5, 0.6) is 5.75 Å². The van der Waals surface area contributed by atoms with Crippen molar-refractivity contribution >= 4 is 40.6 Å². The minimum atomic E-state index is -0.583. The lowest BCUT2D eigenvalue weighted by Crippen LogP contribution is -2.28. The zero-order valence-electron chi connectivity index (χ0n) is 16.6. The van der Waals surface area contributed by atoms with Crippen LogP contribution in [0.15, 0.2) is 71.6 Å². The summed E-state index contributed by atoms with van der Waals surface area (Å²) in [5, 5.41) is -0.361. The van der Waals surface area contributed by atoms with Gasteiger partial charge in [-0.1, -0.05) is 48.0 Å². The summed E-state index contributed by atoms with van der Waals surface area (Å²) in [6.07, 6.45) is 1.56. The number of imide groups is 1. The smallest absolute Gasteiger partial charge is 0.293 e. The third kappa shape index (κ3) is 4.84. The summed E-state index contributed by atoms with van der Waals surface area (Å²) in [7, 11) is 0. The average Bonchev–Trinajstić information content (AvgIpc) is 3.03. The van der Waals surface area contributed by atoms with Gasteiger partial charge >= 0.3 is 0 Å². The predicted molar refractivity (Wildman–Crippen MR) is 120 cm³/mol. The summed E-state index contributed by atoms with van der Waals surface area (Å²) >= 11 is 6.79. The molecule has 8 heteroatoms. The first-order valence-electron chi connectivity index (χ1n) is 9.57. The maximum atomic E-state index is 14.1. The second-order valence-electron chi connectivity index (χ2n) is 6.92. The van der Waals surface area contributed by atoms with Crippen LogP contribution in [0.3, 0.4) is 0 Å². The highest BCUT2D eigenvalue weighted by Crippen LogP contribution is 2.35. The zero-order chi connectivity index (χ0) is 22.7. The van der Waals surface area contributed by atoms with Gasteiger partial charge in [-0.2, -0.15) is 0 Å². The van der Waals surface area contributed by atoms with Crippen LogP contribution < -0.4 is 4.74 Å². The third-order valence-electron chi connectivity index (χ3n) is 4.76. The number of rotatable bonds is 6. The number of hydrogen-bond donors (Lipinski definition) is 0. The van der Waals surface area contributed by atoms with Crippen molar-refractivity contribution in [3.63, 3.8) is 0 Å². The highest BCUT2D eigenvalue weighted by atomic mass is 35.5. The Kier molecular flexibility index (Phi) is 6.58. The molecule has 1 aliphatic heterocycles. The van der Waals surface area contributed by atoms with Gasteiger partial charge in [0.05, 0.1) is 11.4 Å². The Bertz CT molecular complexity index is 1210. The molecule has 0 radical (unpaired) electrons. The largest absolute Gasteiger partial charge is 0.489 e. The van der Waals surface area contributed by atoms with Crippen LogP contribution in [0.1, 0.15) is 16.7 Å². The SMILES string of the molecule is O=C1S/C(=C/c2cccc(OCc3ccccc3F)c2)C(=O)N1Cc1c(F)cccc1Cl. The second kappa shape index (κ2) is 9.54. The molecule has 0 unspecified atom stereocenters. The Morgan fingerprint density at radius 3 is 2.50 bits per heavy atom. The standard InChI is InChI=1S/C24H16ClF2NO3S/c25-19-8-4-10-21(27)18(19)13-28-23(29)22(32-24(28)30)12-15-5-3-7-17(11-15)31-14-16-6-1-2-9-20(16)26/h1-12H,13-14H2/b22-12+. The molecule has 0 aliphatic carbocycles. The number of hydrogen-bond acceptors (Lipinski definition) is 4. The lowest BCUT2D eigenvalue weighted by molar-refractivity contribution is -0.123. The molecule has 2 amide bonds. The number of carbonyl (C=O) groups is 2. The number of ether oxygens (including phenoxy) is 1. The average molecular weight is 472 g/mol. The van der Waals surface area contributed by atoms with Gasteiger partial charge in [-0.15, -0.1) is 0 Å². The van der Waals surface area contributed by atoms with Crippen molar-refractivity contribution in [1.29, 1.82) is 0 Å². The first kappa shape index (κ1) is 22.0. The molecule has 0 bridgehead atoms. The van der Waals surface area contributed by atoms with Gasteiger partial charge in [0.1, 0.15) is 24.0 Å². The summed E-state index contributed by atoms with van der Waals surface area (Å²) in [6.45, 7) is -0.199. The first-order valence-corrected chi connectivity index (χ1v) is 10.8. The maximum absolute atomic E-state index is 14.1. The van der Waals surface area contributed by atoms with Crippen molar-refractivity contribution in [2.75, 3.05) is 0 Å². The summed E-state index contributed by atoms with van der Waals surface area (Å²) in [6, 6.07) is 17.4. The molecule has 162 valence electrons. The zero-order valence-corrected chi connectivity index (χ0v) is 18.1. The molecule has 1 aliphatic rings. The molecule has 1 saturated heterocycles. The predicted octanol–water partition coefficient (Wildman–Crippen LogP) is 6.43. The summed E-state index contributed by atoms with van der Waals surface area (Å²) in [4.78, 5) is 26.3. The van der Waals surface area contributed by atoms with Crippen LogP contribution in [-0.4, -0.2) is 16.0 Å². The second-order valence-corrected chi connectivity index (χ2v) is 8.32. The number of benzene rings is 3. The van der Waals surface area contributed by atoms with Crippen LogP contribution in [0.4, 0.5) is 13.6 Å². The monoisotopic (exact) mass is 471 g/mol. The fourth-order valence-electron chi connectivity index (χ4n) is 3.10. The van der Waals surface area contributed by atoms with Gasteiger partial charge in [-0.3, -0.25) is 14.5 Å². The van der Waals surface area contributed by atoms with Crippen molar-refractivity contribution in [3.8, 4) is 5.75 Å². The van der Waals surface area contributed by atoms with Crippen molar-refractivity contribution in [3.05, 3.63) is 105 Å². The van der Waals surface area contributed by atoms with E-state index in [4.69, 9.17) is 16.3 Å². The Balaban J connectivity index is 1.49. The summed E-state index contributed by atoms with van der Waals surface area (Å²) in [5.74, 6) is -0.983. The van der Waals surface area contributed by atoms with Crippen LogP contribution in [0, 0.1) is 11.6 Å². The quantitative estimate of drug-likeness (QED) is 0.388. The minimum absolute atomic E-state index is 0.0516. The molecule has 0 atom stereocenters. The lowest BCUT2D eigenvalue weighted by Gasteiger charge is -2.14. The van der Waals surface area contributed by atoms with E-state index in [1.165, 1.54) is 24.3 Å². The van der Waals surface area contributed by atoms with Crippen LogP contribution in [0.25, 0.3) is 6.08 Å². The number of halogens is 3. The Labute approximate surface area is 192 Å². The topological polar surface area (TPSA) is 46.6 Å². The number of nitrogens with zero attached hydrogens (tertiary/aromatic N) is 1. The van der Waals surface area contributed by atoms with Crippen molar-refractivity contribution in [2.45, 2.75) is 13.2 Å². The van der Waals surface area contributed by atoms with Crippen molar-refractivity contribution < 1.29 is 23.1 Å². The molecule has 1 fully saturated rings. The summed E-state index contributed by atoms with van der Waals surface area (Å²) in [5.41, 5.74) is 1.14. The van der Waals surface area contributed by atoms with Gasteiger partial charge in [0.2, 0.25) is 0 Å². The minimum Gasteiger partial charge on any atom is -0.489 e. The molecule has 0 aromatic heterocycles. The van der Waals surface area contributed by atoms with Crippen molar-refractivity contribution in [1.82, 2.24) is 4.90 Å². The molecule has 3 aromatic rings. The number of amides is 2. The van der Waals surface area contributed by atoms with E-state index in [1.54, 1.807) is 48.5 Å². The van der Waals surface area contributed by atoms with Crippen molar-refractivity contribution in [2.24, 2.45) is 0 Å². The first-order chi connectivity index (χ1) is 15.4. The molecule has 4 nitrogen and oxygen atoms in total. The molecule has 0 N–H and O–H groups in total. The maximum Gasteiger partial charge on any atom is 0.293 e. The Morgan fingerprint density at radius 2 is 1.72 bits per heavy atom. The molecule has 3 aromatic carbocycles. The fourth-order valence-corrected chi connectivity index (χ4v) is 4.16. The van der Waals surface area contributed by atoms with E-state index in [0.29, 0.717) is 16.9 Å². The van der Waals surface area contributed by atoms with E-state index >= 15 is 0 Å². The number of thioether (sulfide) groups is 1. The molecular weight excluding hydrogens is 456 g/mol. The van der Waals surface area contributed by atoms with E-state index in [9.17, 15) is 18.4 Å². The van der Waals surface area contributed by atoms with Gasteiger partial charge in [0, 0.05) is 16.1 Å². The Hall–Kier alpha value is -3.16. The van der Waals surface area contributed by atoms with E-state index in [1.807, 2.05) is 0 Å². The highest BCUT2D eigenvalue weighted by molar-refractivity contribution is 8.18. The van der Waals surface area contributed by atoms with Gasteiger partial charge in [-0.05, 0) is 53.7 Å².